The zero-order valence-electron chi connectivity index (χ0n) is 10.2. The number of amides is 2. The van der Waals surface area contributed by atoms with Gasteiger partial charge in [0.25, 0.3) is 0 Å². The van der Waals surface area contributed by atoms with Crippen molar-refractivity contribution in [3.63, 3.8) is 0 Å². The lowest BCUT2D eigenvalue weighted by molar-refractivity contribution is 0.0185. The van der Waals surface area contributed by atoms with E-state index < -0.39 is 0 Å². The van der Waals surface area contributed by atoms with Gasteiger partial charge in [0.2, 0.25) is 0 Å². The lowest BCUT2D eigenvalue weighted by Crippen LogP contribution is -2.51. The molecule has 2 heterocycles. The average molecular weight is 254 g/mol. The van der Waals surface area contributed by atoms with Crippen LogP contribution < -0.4 is 5.32 Å². The first-order valence-electron chi connectivity index (χ1n) is 5.86. The number of rotatable bonds is 2. The molecule has 0 saturated carbocycles. The Morgan fingerprint density at radius 3 is 3.18 bits per heavy atom. The number of urea groups is 1. The van der Waals surface area contributed by atoms with Gasteiger partial charge in [-0.05, 0) is 25.3 Å². The molecule has 0 aromatic carbocycles. The van der Waals surface area contributed by atoms with Gasteiger partial charge in [0.05, 0.1) is 25.3 Å². The van der Waals surface area contributed by atoms with E-state index in [9.17, 15) is 4.79 Å². The van der Waals surface area contributed by atoms with Crippen LogP contribution in [0.1, 0.15) is 24.8 Å². The molecule has 0 radical (unpaired) electrons. The fraction of sp³-hybridized carbons (Fsp3) is 0.583. The van der Waals surface area contributed by atoms with Crippen LogP contribution in [0.4, 0.5) is 4.79 Å². The molecule has 1 saturated heterocycles. The molecule has 0 spiro atoms. The summed E-state index contributed by atoms with van der Waals surface area (Å²) >= 11 is 1.66. The zero-order chi connectivity index (χ0) is 12.3. The minimum atomic E-state index is 0.00157. The molecule has 0 bridgehead atoms. The van der Waals surface area contributed by atoms with Gasteiger partial charge in [-0.15, -0.1) is 11.3 Å². The maximum Gasteiger partial charge on any atom is 0.318 e. The predicted molar refractivity (Wildman–Crippen MR) is 68.3 cm³/mol. The molecule has 1 N–H and O–H groups in total. The molecule has 5 heteroatoms. The molecule has 1 aromatic heterocycles. The smallest absolute Gasteiger partial charge is 0.318 e. The number of carbonyl (C=O) groups is 1. The molecule has 1 aliphatic rings. The molecule has 2 atom stereocenters. The van der Waals surface area contributed by atoms with Crippen molar-refractivity contribution in [3.8, 4) is 0 Å². The SMILES string of the molecule is C[C@H](NC(=O)N1CCOC[C@@H]1C)c1cccs1. The molecule has 2 rings (SSSR count). The number of thiophene rings is 1. The highest BCUT2D eigenvalue weighted by Gasteiger charge is 2.24. The van der Waals surface area contributed by atoms with Gasteiger partial charge in [-0.3, -0.25) is 0 Å². The van der Waals surface area contributed by atoms with Crippen LogP contribution in [0.15, 0.2) is 17.5 Å². The van der Waals surface area contributed by atoms with Crippen molar-refractivity contribution in [3.05, 3.63) is 22.4 Å². The Balaban J connectivity index is 1.92. The topological polar surface area (TPSA) is 41.6 Å². The molecule has 4 nitrogen and oxygen atoms in total. The van der Waals surface area contributed by atoms with E-state index in [1.54, 1.807) is 11.3 Å². The first-order valence-corrected chi connectivity index (χ1v) is 6.74. The Morgan fingerprint density at radius 1 is 1.71 bits per heavy atom. The number of ether oxygens (including phenoxy) is 1. The Morgan fingerprint density at radius 2 is 2.53 bits per heavy atom. The molecule has 0 unspecified atom stereocenters. The third-order valence-corrected chi connectivity index (χ3v) is 3.99. The number of hydrogen-bond acceptors (Lipinski definition) is 3. The van der Waals surface area contributed by atoms with E-state index >= 15 is 0 Å². The van der Waals surface area contributed by atoms with Gasteiger partial charge < -0.3 is 15.0 Å². The lowest BCUT2D eigenvalue weighted by Gasteiger charge is -2.34. The van der Waals surface area contributed by atoms with Gasteiger partial charge in [-0.25, -0.2) is 4.79 Å². The zero-order valence-corrected chi connectivity index (χ0v) is 11.0. The third kappa shape index (κ3) is 2.98. The van der Waals surface area contributed by atoms with Crippen molar-refractivity contribution in [2.24, 2.45) is 0 Å². The Kier molecular flexibility index (Phi) is 4.02. The molecule has 1 aromatic rings. The number of carbonyl (C=O) groups excluding carboxylic acids is 1. The summed E-state index contributed by atoms with van der Waals surface area (Å²) < 4.78 is 5.32. The van der Waals surface area contributed by atoms with Gasteiger partial charge >= 0.3 is 6.03 Å². The summed E-state index contributed by atoms with van der Waals surface area (Å²) in [6, 6.07) is 4.26. The number of morpholine rings is 1. The van der Waals surface area contributed by atoms with E-state index in [1.165, 1.54) is 4.88 Å². The lowest BCUT2D eigenvalue weighted by atomic mass is 10.2. The molecule has 2 amide bonds. The van der Waals surface area contributed by atoms with Gasteiger partial charge in [0.1, 0.15) is 0 Å². The van der Waals surface area contributed by atoms with Crippen LogP contribution in [0.5, 0.6) is 0 Å². The summed E-state index contributed by atoms with van der Waals surface area (Å²) in [6.07, 6.45) is 0. The second-order valence-electron chi connectivity index (χ2n) is 4.30. The van der Waals surface area contributed by atoms with Crippen LogP contribution in [0, 0.1) is 0 Å². The summed E-state index contributed by atoms with van der Waals surface area (Å²) in [5, 5.41) is 5.05. The fourth-order valence-electron chi connectivity index (χ4n) is 1.91. The summed E-state index contributed by atoms with van der Waals surface area (Å²) in [5.41, 5.74) is 0. The standard InChI is InChI=1S/C12H18N2O2S/c1-9-8-16-6-5-14(9)12(15)13-10(2)11-4-3-7-17-11/h3-4,7,9-10H,5-6,8H2,1-2H3,(H,13,15)/t9-,10-/m0/s1. The van der Waals surface area contributed by atoms with Gasteiger partial charge in [0.15, 0.2) is 0 Å². The second-order valence-corrected chi connectivity index (χ2v) is 5.28. The van der Waals surface area contributed by atoms with Crippen molar-refractivity contribution < 1.29 is 9.53 Å². The van der Waals surface area contributed by atoms with Gasteiger partial charge in [-0.2, -0.15) is 0 Å². The first kappa shape index (κ1) is 12.4. The minimum Gasteiger partial charge on any atom is -0.377 e. The second kappa shape index (κ2) is 5.51. The van der Waals surface area contributed by atoms with Crippen LogP contribution in [0.25, 0.3) is 0 Å². The normalized spacial score (nSPS) is 22.2. The van der Waals surface area contributed by atoms with E-state index in [-0.39, 0.29) is 18.1 Å². The third-order valence-electron chi connectivity index (χ3n) is 2.94. The molecular weight excluding hydrogens is 236 g/mol. The number of nitrogens with one attached hydrogen (secondary N) is 1. The first-order chi connectivity index (χ1) is 8.18. The summed E-state index contributed by atoms with van der Waals surface area (Å²) in [7, 11) is 0. The van der Waals surface area contributed by atoms with Crippen LogP contribution in [-0.4, -0.2) is 36.7 Å². The van der Waals surface area contributed by atoms with E-state index in [1.807, 2.05) is 36.3 Å². The Bertz CT molecular complexity index is 367. The number of hydrogen-bond donors (Lipinski definition) is 1. The summed E-state index contributed by atoms with van der Waals surface area (Å²) in [4.78, 5) is 15.1. The van der Waals surface area contributed by atoms with Crippen LogP contribution in [-0.2, 0) is 4.74 Å². The van der Waals surface area contributed by atoms with E-state index in [2.05, 4.69) is 5.32 Å². The minimum absolute atomic E-state index is 0.00157. The molecule has 1 fully saturated rings. The largest absolute Gasteiger partial charge is 0.377 e. The van der Waals surface area contributed by atoms with Crippen LogP contribution in [0.2, 0.25) is 0 Å². The van der Waals surface area contributed by atoms with Crippen molar-refractivity contribution in [1.82, 2.24) is 10.2 Å². The van der Waals surface area contributed by atoms with Gasteiger partial charge in [-0.1, -0.05) is 6.07 Å². The quantitative estimate of drug-likeness (QED) is 0.879. The van der Waals surface area contributed by atoms with Crippen molar-refractivity contribution >= 4 is 17.4 Å². The van der Waals surface area contributed by atoms with Crippen molar-refractivity contribution in [2.45, 2.75) is 25.9 Å². The highest BCUT2D eigenvalue weighted by atomic mass is 32.1. The summed E-state index contributed by atoms with van der Waals surface area (Å²) in [6.45, 7) is 5.94. The molecule has 17 heavy (non-hydrogen) atoms. The van der Waals surface area contributed by atoms with E-state index in [4.69, 9.17) is 4.74 Å². The predicted octanol–water partition coefficient (Wildman–Crippen LogP) is 2.24. The molecule has 1 aliphatic heterocycles. The maximum absolute atomic E-state index is 12.1. The molecular formula is C12H18N2O2S. The molecule has 0 aliphatic carbocycles. The Labute approximate surface area is 106 Å². The highest BCUT2D eigenvalue weighted by molar-refractivity contribution is 7.10. The van der Waals surface area contributed by atoms with E-state index in [0.29, 0.717) is 19.8 Å². The fourth-order valence-corrected chi connectivity index (χ4v) is 2.64. The van der Waals surface area contributed by atoms with E-state index in [0.717, 1.165) is 0 Å². The molecule has 94 valence electrons. The van der Waals surface area contributed by atoms with Gasteiger partial charge in [0, 0.05) is 11.4 Å². The van der Waals surface area contributed by atoms with Crippen molar-refractivity contribution in [2.75, 3.05) is 19.8 Å². The van der Waals surface area contributed by atoms with Crippen LogP contribution in [0.3, 0.4) is 0 Å². The Hall–Kier alpha value is -1.07. The maximum atomic E-state index is 12.1. The van der Waals surface area contributed by atoms with Crippen molar-refractivity contribution in [1.29, 1.82) is 0 Å². The average Bonchev–Trinajstić information content (AvgIpc) is 2.82. The highest BCUT2D eigenvalue weighted by Crippen LogP contribution is 2.18. The monoisotopic (exact) mass is 254 g/mol. The summed E-state index contributed by atoms with van der Waals surface area (Å²) in [5.74, 6) is 0. The van der Waals surface area contributed by atoms with Crippen LogP contribution >= 0.6 is 11.3 Å². The number of nitrogens with zero attached hydrogens (tertiary/aromatic N) is 1.